The number of carbonyl (C=O) groups excluding carboxylic acids is 4. The number of fused-ring (bicyclic) bond motifs is 1. The summed E-state index contributed by atoms with van der Waals surface area (Å²) in [7, 11) is 1.62. The average molecular weight is 893 g/mol. The number of rotatable bonds is 12. The number of benzene rings is 2. The van der Waals surface area contributed by atoms with E-state index in [-0.39, 0.29) is 91.9 Å². The molecule has 0 bridgehead atoms. The van der Waals surface area contributed by atoms with Crippen LogP contribution in [0.25, 0.3) is 0 Å². The van der Waals surface area contributed by atoms with E-state index in [0.717, 1.165) is 37.3 Å². The predicted molar refractivity (Wildman–Crippen MR) is 225 cm³/mol. The molecule has 3 N–H and O–H groups in total. The van der Waals surface area contributed by atoms with Crippen molar-refractivity contribution in [2.45, 2.75) is 94.3 Å². The third-order valence-electron chi connectivity index (χ3n) is 14.3. The monoisotopic (exact) mass is 892 g/mol. The Morgan fingerprint density at radius 2 is 1.70 bits per heavy atom. The van der Waals surface area contributed by atoms with Crippen molar-refractivity contribution in [3.05, 3.63) is 77.4 Å². The van der Waals surface area contributed by atoms with Crippen LogP contribution in [0.5, 0.6) is 5.75 Å². The largest absolute Gasteiger partial charge is 0.487 e. The molecule has 1 spiro atoms. The Kier molecular flexibility index (Phi) is 12.4. The summed E-state index contributed by atoms with van der Waals surface area (Å²) in [6.45, 7) is 0.933. The van der Waals surface area contributed by atoms with Crippen LogP contribution < -0.4 is 20.7 Å². The first-order valence-electron chi connectivity index (χ1n) is 22.6. The fourth-order valence-electron chi connectivity index (χ4n) is 10.5. The molecule has 5 heterocycles. The Morgan fingerprint density at radius 3 is 2.34 bits per heavy atom. The second-order valence-electron chi connectivity index (χ2n) is 18.7. The lowest BCUT2D eigenvalue weighted by Crippen LogP contribution is -2.63. The third kappa shape index (κ3) is 9.58. The standard InChI is InChI=1S/C46H56F4N8O6/c1-55-35(13-18-52-55)42(60)54-41(40(30-7-8-30)31-9-10-31)43(61)53-34-22-37-32(21-33(34)47)36(58-25-38(46(48,49)50)57(26-39(58)59)24-28-11-16-51-17-12-28)23-45(64-37)14-19-56(20-15-45)44(62)63-27-29-5-3-2-4-6-29/h2-6,13,18,21-22,28,30-31,36,38,40-41,51H,7-12,14-17,19-20,23-27H2,1H3,(H,53,61)(H,54,60)/t36?,38-,41-/m0/s1. The second kappa shape index (κ2) is 18.0. The molecule has 18 heteroatoms. The number of nitrogens with one attached hydrogen (secondary N) is 3. The molecule has 6 aliphatic rings. The first kappa shape index (κ1) is 44.0. The number of ether oxygens (including phenoxy) is 2. The molecule has 0 radical (unpaired) electrons. The van der Waals surface area contributed by atoms with E-state index in [4.69, 9.17) is 9.47 Å². The number of hydrogen-bond acceptors (Lipinski definition) is 9. The van der Waals surface area contributed by atoms with Gasteiger partial charge in [0.1, 0.15) is 41.6 Å². The Hall–Kier alpha value is -5.23. The number of aryl methyl sites for hydroxylation is 1. The highest BCUT2D eigenvalue weighted by atomic mass is 19.4. The molecule has 2 aliphatic carbocycles. The van der Waals surface area contributed by atoms with Crippen molar-refractivity contribution in [2.24, 2.45) is 30.7 Å². The van der Waals surface area contributed by atoms with E-state index in [2.05, 4.69) is 21.0 Å². The number of halogens is 4. The number of hydrogen-bond donors (Lipinski definition) is 3. The van der Waals surface area contributed by atoms with Crippen molar-refractivity contribution >= 4 is 29.5 Å². The Bertz CT molecular complexity index is 2190. The highest BCUT2D eigenvalue weighted by Gasteiger charge is 2.54. The van der Waals surface area contributed by atoms with Gasteiger partial charge in [-0.2, -0.15) is 18.3 Å². The van der Waals surface area contributed by atoms with Crippen LogP contribution in [-0.2, 0) is 28.0 Å². The van der Waals surface area contributed by atoms with Crippen LogP contribution in [0, 0.1) is 29.5 Å². The lowest BCUT2D eigenvalue weighted by molar-refractivity contribution is -0.204. The van der Waals surface area contributed by atoms with E-state index in [1.807, 2.05) is 30.3 Å². The maximum absolute atomic E-state index is 16.6. The molecule has 14 nitrogen and oxygen atoms in total. The van der Waals surface area contributed by atoms with E-state index in [1.54, 1.807) is 18.0 Å². The molecular weight excluding hydrogens is 837 g/mol. The molecule has 3 atom stereocenters. The minimum Gasteiger partial charge on any atom is -0.487 e. The van der Waals surface area contributed by atoms with Gasteiger partial charge in [-0.1, -0.05) is 30.3 Å². The number of amides is 4. The van der Waals surface area contributed by atoms with Gasteiger partial charge in [-0.15, -0.1) is 0 Å². The van der Waals surface area contributed by atoms with Crippen LogP contribution in [0.3, 0.4) is 0 Å². The lowest BCUT2D eigenvalue weighted by atomic mass is 9.79. The Labute approximate surface area is 369 Å². The van der Waals surface area contributed by atoms with Crippen LogP contribution in [0.1, 0.15) is 85.4 Å². The van der Waals surface area contributed by atoms with E-state index in [9.17, 15) is 32.3 Å². The molecule has 9 rings (SSSR count). The van der Waals surface area contributed by atoms with Gasteiger partial charge < -0.3 is 35.2 Å². The number of piperidine rings is 2. The number of alkyl halides is 3. The van der Waals surface area contributed by atoms with Gasteiger partial charge >= 0.3 is 12.3 Å². The van der Waals surface area contributed by atoms with Gasteiger partial charge in [0.2, 0.25) is 11.8 Å². The lowest BCUT2D eigenvalue weighted by Gasteiger charge is -2.51. The van der Waals surface area contributed by atoms with E-state index < -0.39 is 72.6 Å². The maximum Gasteiger partial charge on any atom is 0.410 e. The highest BCUT2D eigenvalue weighted by Crippen LogP contribution is 2.52. The molecule has 3 saturated heterocycles. The summed E-state index contributed by atoms with van der Waals surface area (Å²) in [5, 5.41) is 13.0. The van der Waals surface area contributed by atoms with Crippen molar-refractivity contribution in [2.75, 3.05) is 51.1 Å². The highest BCUT2D eigenvalue weighted by molar-refractivity contribution is 6.01. The first-order chi connectivity index (χ1) is 30.7. The molecule has 4 amide bonds. The van der Waals surface area contributed by atoms with Crippen LogP contribution in [0.4, 0.5) is 28.0 Å². The average Bonchev–Trinajstić information content (AvgIpc) is 4.23. The predicted octanol–water partition coefficient (Wildman–Crippen LogP) is 5.80. The number of piperazine rings is 1. The van der Waals surface area contributed by atoms with Crippen molar-refractivity contribution in [3.63, 3.8) is 0 Å². The Morgan fingerprint density at radius 1 is 1.00 bits per heavy atom. The molecule has 2 saturated carbocycles. The molecule has 2 aromatic carbocycles. The molecule has 344 valence electrons. The molecule has 1 unspecified atom stereocenters. The van der Waals surface area contributed by atoms with E-state index >= 15 is 4.39 Å². The van der Waals surface area contributed by atoms with Gasteiger partial charge in [-0.05, 0) is 93.0 Å². The van der Waals surface area contributed by atoms with Crippen molar-refractivity contribution < 1.29 is 46.2 Å². The summed E-state index contributed by atoms with van der Waals surface area (Å²) in [5.41, 5.74) is -0.00189. The number of aromatic nitrogens is 2. The van der Waals surface area contributed by atoms with Gasteiger partial charge in [0, 0.05) is 70.3 Å². The van der Waals surface area contributed by atoms with Crippen molar-refractivity contribution in [1.82, 2.24) is 35.1 Å². The normalized spacial score (nSPS) is 23.4. The smallest absolute Gasteiger partial charge is 0.410 e. The van der Waals surface area contributed by atoms with Crippen LogP contribution in [0.2, 0.25) is 0 Å². The van der Waals surface area contributed by atoms with Gasteiger partial charge in [-0.3, -0.25) is 24.0 Å². The Balaban J connectivity index is 0.998. The molecule has 3 aromatic rings. The maximum atomic E-state index is 16.6. The SMILES string of the molecule is Cn1nccc1C(=O)N[C@H](C(=O)Nc1cc2c(cc1F)C(N1C[C@@H](C(F)(F)F)N(CC3CCNCC3)CC1=O)CC1(CCN(C(=O)OCc3ccccc3)CC1)O2)C(C1CC1)C1CC1. The van der Waals surface area contributed by atoms with Gasteiger partial charge in [0.25, 0.3) is 5.91 Å². The van der Waals surface area contributed by atoms with Gasteiger partial charge in [-0.25, -0.2) is 9.18 Å². The first-order valence-corrected chi connectivity index (χ1v) is 22.6. The van der Waals surface area contributed by atoms with Crippen LogP contribution in [0.15, 0.2) is 54.7 Å². The molecule has 1 aromatic heterocycles. The third-order valence-corrected chi connectivity index (χ3v) is 14.3. The van der Waals surface area contributed by atoms with E-state index in [1.165, 1.54) is 26.7 Å². The second-order valence-corrected chi connectivity index (χ2v) is 18.7. The number of likely N-dealkylation sites (tertiary alicyclic amines) is 1. The fraction of sp³-hybridized carbons (Fsp3) is 0.587. The minimum absolute atomic E-state index is 0.0109. The summed E-state index contributed by atoms with van der Waals surface area (Å²) in [5.74, 6) is -2.02. The quantitative estimate of drug-likeness (QED) is 0.192. The summed E-state index contributed by atoms with van der Waals surface area (Å²) in [4.78, 5) is 59.3. The van der Waals surface area contributed by atoms with Crippen LogP contribution >= 0.6 is 0 Å². The van der Waals surface area contributed by atoms with Crippen molar-refractivity contribution in [1.29, 1.82) is 0 Å². The number of carbonyl (C=O) groups is 4. The van der Waals surface area contributed by atoms with Crippen molar-refractivity contribution in [3.8, 4) is 5.75 Å². The summed E-state index contributed by atoms with van der Waals surface area (Å²) in [6.07, 6.45) is 1.97. The summed E-state index contributed by atoms with van der Waals surface area (Å²) in [6, 6.07) is 9.38. The number of nitrogens with zero attached hydrogens (tertiary/aromatic N) is 5. The van der Waals surface area contributed by atoms with Crippen LogP contribution in [-0.4, -0.2) is 118 Å². The van der Waals surface area contributed by atoms with E-state index in [0.29, 0.717) is 25.9 Å². The fourth-order valence-corrected chi connectivity index (χ4v) is 10.5. The number of anilines is 1. The zero-order chi connectivity index (χ0) is 44.8. The molecule has 5 fully saturated rings. The van der Waals surface area contributed by atoms with Gasteiger partial charge in [0.05, 0.1) is 18.3 Å². The van der Waals surface area contributed by atoms with Gasteiger partial charge in [0.15, 0.2) is 0 Å². The molecule has 64 heavy (non-hydrogen) atoms. The molecule has 4 aliphatic heterocycles. The zero-order valence-electron chi connectivity index (χ0n) is 36.0. The summed E-state index contributed by atoms with van der Waals surface area (Å²) < 4.78 is 75.3. The zero-order valence-corrected chi connectivity index (χ0v) is 36.0. The molecular formula is C46H56F4N8O6. The minimum atomic E-state index is -4.65. The summed E-state index contributed by atoms with van der Waals surface area (Å²) >= 11 is 0. The topological polar surface area (TPSA) is 150 Å².